The van der Waals surface area contributed by atoms with E-state index in [1.807, 2.05) is 0 Å². The van der Waals surface area contributed by atoms with Crippen molar-refractivity contribution in [2.45, 2.75) is 32.2 Å². The van der Waals surface area contributed by atoms with Crippen molar-refractivity contribution in [1.82, 2.24) is 15.3 Å². The molecule has 19 heavy (non-hydrogen) atoms. The number of thiophene rings is 1. The number of anilines is 1. The number of piperidine rings is 1. The van der Waals surface area contributed by atoms with Crippen molar-refractivity contribution in [2.24, 2.45) is 0 Å². The van der Waals surface area contributed by atoms with Gasteiger partial charge in [0.25, 0.3) is 0 Å². The van der Waals surface area contributed by atoms with E-state index in [1.165, 1.54) is 29.5 Å². The second-order valence-electron chi connectivity index (χ2n) is 5.32. The lowest BCUT2D eigenvalue weighted by Crippen LogP contribution is -2.42. The molecule has 0 radical (unpaired) electrons. The second kappa shape index (κ2) is 5.43. The number of nitrogens with one attached hydrogen (secondary N) is 1. The van der Waals surface area contributed by atoms with Gasteiger partial charge in [-0.3, -0.25) is 0 Å². The zero-order valence-corrected chi connectivity index (χ0v) is 12.3. The van der Waals surface area contributed by atoms with E-state index in [2.05, 4.69) is 39.5 Å². The van der Waals surface area contributed by atoms with Crippen molar-refractivity contribution in [1.29, 1.82) is 0 Å². The number of hydrogen-bond acceptors (Lipinski definition) is 5. The molecule has 0 amide bonds. The Hall–Kier alpha value is -1.20. The maximum Gasteiger partial charge on any atom is 0.149 e. The summed E-state index contributed by atoms with van der Waals surface area (Å²) in [4.78, 5) is 11.1. The van der Waals surface area contributed by atoms with Gasteiger partial charge in [0.05, 0.1) is 10.2 Å². The molecular formula is C14H20N4S. The summed E-state index contributed by atoms with van der Waals surface area (Å²) in [7, 11) is 2.13. The van der Waals surface area contributed by atoms with Gasteiger partial charge in [-0.05, 0) is 37.3 Å². The predicted octanol–water partition coefficient (Wildman–Crippen LogP) is 2.58. The van der Waals surface area contributed by atoms with Crippen molar-refractivity contribution < 1.29 is 0 Å². The Labute approximate surface area is 117 Å². The molecule has 2 aromatic heterocycles. The maximum absolute atomic E-state index is 4.48. The van der Waals surface area contributed by atoms with Crippen LogP contribution in [-0.4, -0.2) is 36.1 Å². The highest BCUT2D eigenvalue weighted by Crippen LogP contribution is 2.30. The van der Waals surface area contributed by atoms with Gasteiger partial charge in [-0.25, -0.2) is 9.97 Å². The molecule has 0 aliphatic carbocycles. The van der Waals surface area contributed by atoms with Crippen LogP contribution in [0.4, 0.5) is 5.82 Å². The summed E-state index contributed by atoms with van der Waals surface area (Å²) in [5.41, 5.74) is 2.34. The Morgan fingerprint density at radius 3 is 3.11 bits per heavy atom. The van der Waals surface area contributed by atoms with Gasteiger partial charge in [-0.1, -0.05) is 6.42 Å². The Kier molecular flexibility index (Phi) is 3.66. The smallest absolute Gasteiger partial charge is 0.149 e. The minimum atomic E-state index is 0.588. The standard InChI is InChI=1S/C14H20N4S/c1-10-8-19-13-12(10)16-9-17-14(13)18(2)7-11-5-3-4-6-15-11/h8-9,11,15H,3-7H2,1-2H3. The average Bonchev–Trinajstić information content (AvgIpc) is 2.82. The van der Waals surface area contributed by atoms with Crippen LogP contribution in [0.5, 0.6) is 0 Å². The van der Waals surface area contributed by atoms with Crippen LogP contribution in [0.2, 0.25) is 0 Å². The Balaban J connectivity index is 1.82. The van der Waals surface area contributed by atoms with Gasteiger partial charge < -0.3 is 10.2 Å². The van der Waals surface area contributed by atoms with Crippen LogP contribution in [-0.2, 0) is 0 Å². The van der Waals surface area contributed by atoms with E-state index in [0.717, 1.165) is 24.4 Å². The van der Waals surface area contributed by atoms with Crippen molar-refractivity contribution in [2.75, 3.05) is 25.0 Å². The van der Waals surface area contributed by atoms with Gasteiger partial charge in [0.15, 0.2) is 0 Å². The largest absolute Gasteiger partial charge is 0.357 e. The lowest BCUT2D eigenvalue weighted by atomic mass is 10.0. The molecule has 1 atom stereocenters. The van der Waals surface area contributed by atoms with Gasteiger partial charge in [0, 0.05) is 19.6 Å². The SMILES string of the molecule is Cc1csc2c(N(C)CC3CCCCN3)ncnc12. The third kappa shape index (κ3) is 2.58. The first-order valence-corrected chi connectivity index (χ1v) is 7.77. The molecule has 1 saturated heterocycles. The summed E-state index contributed by atoms with van der Waals surface area (Å²) in [6.45, 7) is 4.27. The van der Waals surface area contributed by atoms with E-state index in [0.29, 0.717) is 6.04 Å². The topological polar surface area (TPSA) is 41.0 Å². The molecule has 0 saturated carbocycles. The fourth-order valence-electron chi connectivity index (χ4n) is 2.73. The van der Waals surface area contributed by atoms with Crippen molar-refractivity contribution in [3.63, 3.8) is 0 Å². The van der Waals surface area contributed by atoms with Gasteiger partial charge in [-0.15, -0.1) is 11.3 Å². The first-order valence-electron chi connectivity index (χ1n) is 6.89. The number of likely N-dealkylation sites (N-methyl/N-ethyl adjacent to an activating group) is 1. The third-order valence-corrected chi connectivity index (χ3v) is 4.86. The molecule has 1 N–H and O–H groups in total. The monoisotopic (exact) mass is 276 g/mol. The zero-order chi connectivity index (χ0) is 13.2. The minimum Gasteiger partial charge on any atom is -0.357 e. The molecule has 1 fully saturated rings. The quantitative estimate of drug-likeness (QED) is 0.935. The molecule has 1 unspecified atom stereocenters. The molecule has 0 spiro atoms. The number of rotatable bonds is 3. The van der Waals surface area contributed by atoms with E-state index in [1.54, 1.807) is 17.7 Å². The Bertz CT molecular complexity index is 560. The lowest BCUT2D eigenvalue weighted by Gasteiger charge is -2.28. The van der Waals surface area contributed by atoms with Crippen LogP contribution < -0.4 is 10.2 Å². The van der Waals surface area contributed by atoms with Crippen LogP contribution in [0.25, 0.3) is 10.2 Å². The first kappa shape index (κ1) is 12.8. The van der Waals surface area contributed by atoms with Crippen LogP contribution in [0, 0.1) is 6.92 Å². The molecular weight excluding hydrogens is 256 g/mol. The fourth-order valence-corrected chi connectivity index (χ4v) is 3.77. The van der Waals surface area contributed by atoms with Crippen molar-refractivity contribution in [3.05, 3.63) is 17.3 Å². The molecule has 2 aromatic rings. The van der Waals surface area contributed by atoms with E-state index in [-0.39, 0.29) is 0 Å². The zero-order valence-electron chi connectivity index (χ0n) is 11.5. The van der Waals surface area contributed by atoms with Crippen molar-refractivity contribution >= 4 is 27.4 Å². The van der Waals surface area contributed by atoms with Crippen LogP contribution in [0.3, 0.4) is 0 Å². The summed E-state index contributed by atoms with van der Waals surface area (Å²) in [6.07, 6.45) is 5.59. The number of nitrogens with zero attached hydrogens (tertiary/aromatic N) is 3. The molecule has 102 valence electrons. The first-order chi connectivity index (χ1) is 9.25. The normalized spacial score (nSPS) is 19.8. The molecule has 3 heterocycles. The summed E-state index contributed by atoms with van der Waals surface area (Å²) in [6, 6.07) is 0.588. The van der Waals surface area contributed by atoms with Crippen LogP contribution in [0.15, 0.2) is 11.7 Å². The van der Waals surface area contributed by atoms with Gasteiger partial charge in [0.1, 0.15) is 12.1 Å². The van der Waals surface area contributed by atoms with E-state index >= 15 is 0 Å². The summed E-state index contributed by atoms with van der Waals surface area (Å²) < 4.78 is 1.21. The van der Waals surface area contributed by atoms with Gasteiger partial charge in [-0.2, -0.15) is 0 Å². The molecule has 0 bridgehead atoms. The third-order valence-electron chi connectivity index (χ3n) is 3.78. The number of aromatic nitrogens is 2. The highest BCUT2D eigenvalue weighted by atomic mass is 32.1. The van der Waals surface area contributed by atoms with E-state index in [9.17, 15) is 0 Å². The molecule has 4 nitrogen and oxygen atoms in total. The average molecular weight is 276 g/mol. The summed E-state index contributed by atoms with van der Waals surface area (Å²) >= 11 is 1.74. The number of fused-ring (bicyclic) bond motifs is 1. The minimum absolute atomic E-state index is 0.588. The molecule has 1 aliphatic heterocycles. The Morgan fingerprint density at radius 1 is 1.42 bits per heavy atom. The van der Waals surface area contributed by atoms with Gasteiger partial charge >= 0.3 is 0 Å². The summed E-state index contributed by atoms with van der Waals surface area (Å²) in [5.74, 6) is 1.07. The molecule has 1 aliphatic rings. The molecule has 5 heteroatoms. The van der Waals surface area contributed by atoms with Crippen molar-refractivity contribution in [3.8, 4) is 0 Å². The number of aryl methyl sites for hydroxylation is 1. The summed E-state index contributed by atoms with van der Waals surface area (Å²) in [5, 5.41) is 5.75. The van der Waals surface area contributed by atoms with Gasteiger partial charge in [0.2, 0.25) is 0 Å². The predicted molar refractivity (Wildman–Crippen MR) is 81.1 cm³/mol. The Morgan fingerprint density at radius 2 is 2.32 bits per heavy atom. The molecule has 3 rings (SSSR count). The highest BCUT2D eigenvalue weighted by molar-refractivity contribution is 7.18. The second-order valence-corrected chi connectivity index (χ2v) is 6.20. The van der Waals surface area contributed by atoms with Crippen LogP contribution in [0.1, 0.15) is 24.8 Å². The number of hydrogen-bond donors (Lipinski definition) is 1. The van der Waals surface area contributed by atoms with E-state index in [4.69, 9.17) is 0 Å². The lowest BCUT2D eigenvalue weighted by molar-refractivity contribution is 0.403. The van der Waals surface area contributed by atoms with Crippen LogP contribution >= 0.6 is 11.3 Å². The highest BCUT2D eigenvalue weighted by Gasteiger charge is 2.17. The van der Waals surface area contributed by atoms with E-state index < -0.39 is 0 Å². The maximum atomic E-state index is 4.48. The fraction of sp³-hybridized carbons (Fsp3) is 0.571. The molecule has 0 aromatic carbocycles.